The zero-order valence-electron chi connectivity index (χ0n) is 17.7. The molecule has 0 bridgehead atoms. The van der Waals surface area contributed by atoms with Gasteiger partial charge in [0.2, 0.25) is 5.91 Å². The summed E-state index contributed by atoms with van der Waals surface area (Å²) >= 11 is 0. The molecule has 0 spiro atoms. The molecule has 0 atom stereocenters. The summed E-state index contributed by atoms with van der Waals surface area (Å²) in [6.45, 7) is 3.24. The average Bonchev–Trinajstić information content (AvgIpc) is 2.82. The van der Waals surface area contributed by atoms with Crippen molar-refractivity contribution >= 4 is 34.1 Å². The van der Waals surface area contributed by atoms with E-state index < -0.39 is 0 Å². The van der Waals surface area contributed by atoms with Crippen molar-refractivity contribution in [3.8, 4) is 11.3 Å². The van der Waals surface area contributed by atoms with Gasteiger partial charge in [-0.25, -0.2) is 10.4 Å². The van der Waals surface area contributed by atoms with Crippen molar-refractivity contribution in [3.05, 3.63) is 90.3 Å². The first-order valence-electron chi connectivity index (χ1n) is 10.0. The molecule has 32 heavy (non-hydrogen) atoms. The topological polar surface area (TPSA) is 96.3 Å². The number of carbonyl (C=O) groups excluding carboxylic acids is 2. The van der Waals surface area contributed by atoms with Crippen LogP contribution in [0.4, 0.5) is 5.69 Å². The Balaban J connectivity index is 1.65. The lowest BCUT2D eigenvalue weighted by Crippen LogP contribution is -2.20. The second-order valence-electron chi connectivity index (χ2n) is 7.21. The van der Waals surface area contributed by atoms with Crippen LogP contribution in [-0.2, 0) is 4.79 Å². The average molecular weight is 423 g/mol. The number of nitrogens with zero attached hydrogens (tertiary/aromatic N) is 3. The number of hydrogen-bond donors (Lipinski definition) is 2. The summed E-state index contributed by atoms with van der Waals surface area (Å²) in [5.74, 6) is -0.495. The third kappa shape index (κ3) is 4.67. The molecule has 2 N–H and O–H groups in total. The molecule has 2 aromatic heterocycles. The highest BCUT2D eigenvalue weighted by Gasteiger charge is 2.14. The largest absolute Gasteiger partial charge is 0.326 e. The summed E-state index contributed by atoms with van der Waals surface area (Å²) in [6, 6.07) is 20.2. The Morgan fingerprint density at radius 3 is 2.56 bits per heavy atom. The second kappa shape index (κ2) is 9.18. The van der Waals surface area contributed by atoms with E-state index in [1.54, 1.807) is 37.5 Å². The monoisotopic (exact) mass is 423 g/mol. The Hall–Kier alpha value is -4.39. The lowest BCUT2D eigenvalue weighted by Gasteiger charge is -2.10. The molecular formula is C25H21N5O2. The first-order valence-corrected chi connectivity index (χ1v) is 10.0. The maximum Gasteiger partial charge on any atom is 0.272 e. The summed E-state index contributed by atoms with van der Waals surface area (Å²) in [6.07, 6.45) is 3.40. The fourth-order valence-electron chi connectivity index (χ4n) is 3.31. The zero-order chi connectivity index (χ0) is 22.5. The Morgan fingerprint density at radius 2 is 1.78 bits per heavy atom. The predicted octanol–water partition coefficient (Wildman–Crippen LogP) is 4.41. The first-order chi connectivity index (χ1) is 15.5. The van der Waals surface area contributed by atoms with Gasteiger partial charge in [-0.05, 0) is 48.9 Å². The van der Waals surface area contributed by atoms with Crippen molar-refractivity contribution in [3.63, 3.8) is 0 Å². The molecule has 0 unspecified atom stereocenters. The van der Waals surface area contributed by atoms with E-state index in [0.717, 1.165) is 16.5 Å². The number of pyridine rings is 2. The Kier molecular flexibility index (Phi) is 5.98. The van der Waals surface area contributed by atoms with Crippen molar-refractivity contribution in [1.82, 2.24) is 15.4 Å². The van der Waals surface area contributed by atoms with Gasteiger partial charge in [0.15, 0.2) is 0 Å². The molecule has 0 aliphatic rings. The number of aromatic nitrogens is 2. The number of hydrogen-bond acceptors (Lipinski definition) is 5. The molecule has 0 aliphatic heterocycles. The maximum atomic E-state index is 13.1. The van der Waals surface area contributed by atoms with Gasteiger partial charge in [0.05, 0.1) is 22.5 Å². The molecule has 0 fully saturated rings. The quantitative estimate of drug-likeness (QED) is 0.367. The second-order valence-corrected chi connectivity index (χ2v) is 7.21. The molecule has 158 valence electrons. The molecule has 7 heteroatoms. The number of carbonyl (C=O) groups is 2. The fraction of sp³-hybridized carbons (Fsp3) is 0.0800. The van der Waals surface area contributed by atoms with E-state index >= 15 is 0 Å². The Morgan fingerprint density at radius 1 is 0.938 bits per heavy atom. The van der Waals surface area contributed by atoms with Gasteiger partial charge in [-0.2, -0.15) is 5.10 Å². The number of fused-ring (bicyclic) bond motifs is 1. The maximum absolute atomic E-state index is 13.1. The summed E-state index contributed by atoms with van der Waals surface area (Å²) in [5.41, 5.74) is 7.36. The minimum Gasteiger partial charge on any atom is -0.326 e. The molecule has 0 saturated carbocycles. The van der Waals surface area contributed by atoms with E-state index in [9.17, 15) is 9.59 Å². The molecule has 0 radical (unpaired) electrons. The molecule has 2 amide bonds. The van der Waals surface area contributed by atoms with Gasteiger partial charge >= 0.3 is 0 Å². The van der Waals surface area contributed by atoms with Crippen LogP contribution in [0.3, 0.4) is 0 Å². The lowest BCUT2D eigenvalue weighted by atomic mass is 10.0. The van der Waals surface area contributed by atoms with Crippen LogP contribution in [0.1, 0.15) is 29.8 Å². The normalized spacial score (nSPS) is 11.2. The van der Waals surface area contributed by atoms with Gasteiger partial charge in [0.25, 0.3) is 5.91 Å². The third-order valence-corrected chi connectivity index (χ3v) is 4.84. The molecule has 2 aromatic carbocycles. The summed E-state index contributed by atoms with van der Waals surface area (Å²) < 4.78 is 0. The van der Waals surface area contributed by atoms with Crippen LogP contribution in [0, 0.1) is 0 Å². The van der Waals surface area contributed by atoms with Gasteiger partial charge in [0, 0.05) is 36.0 Å². The number of hydrazone groups is 1. The molecule has 4 aromatic rings. The molecule has 4 rings (SSSR count). The molecular weight excluding hydrogens is 402 g/mol. The number of para-hydroxylation sites is 1. The van der Waals surface area contributed by atoms with Crippen molar-refractivity contribution in [1.29, 1.82) is 0 Å². The third-order valence-electron chi connectivity index (χ3n) is 4.84. The predicted molar refractivity (Wildman–Crippen MR) is 125 cm³/mol. The van der Waals surface area contributed by atoms with E-state index in [2.05, 4.69) is 25.8 Å². The minimum atomic E-state index is -0.342. The Bertz CT molecular complexity index is 1330. The smallest absolute Gasteiger partial charge is 0.272 e. The van der Waals surface area contributed by atoms with Gasteiger partial charge in [0.1, 0.15) is 0 Å². The van der Waals surface area contributed by atoms with Crippen LogP contribution in [0.15, 0.2) is 84.2 Å². The number of benzene rings is 2. The van der Waals surface area contributed by atoms with Crippen LogP contribution in [0.25, 0.3) is 22.2 Å². The molecule has 0 saturated heterocycles. The van der Waals surface area contributed by atoms with Crippen molar-refractivity contribution in [2.45, 2.75) is 13.8 Å². The molecule has 0 aliphatic carbocycles. The van der Waals surface area contributed by atoms with Crippen molar-refractivity contribution in [2.24, 2.45) is 5.10 Å². The SMILES string of the molecule is CC(=O)Nc1cccc(C(C)=NNC(=O)c2cc(-c3cccnc3)nc3ccccc23)c1. The number of rotatable bonds is 5. The van der Waals surface area contributed by atoms with Gasteiger partial charge in [-0.1, -0.05) is 30.3 Å². The first kappa shape index (κ1) is 20.9. The van der Waals surface area contributed by atoms with E-state index in [4.69, 9.17) is 0 Å². The summed E-state index contributed by atoms with van der Waals surface area (Å²) in [5, 5.41) is 7.75. The van der Waals surface area contributed by atoms with Crippen LogP contribution in [-0.4, -0.2) is 27.5 Å². The van der Waals surface area contributed by atoms with Gasteiger partial charge in [-0.3, -0.25) is 14.6 Å². The van der Waals surface area contributed by atoms with Crippen LogP contribution in [0.2, 0.25) is 0 Å². The van der Waals surface area contributed by atoms with Crippen LogP contribution < -0.4 is 10.7 Å². The van der Waals surface area contributed by atoms with Crippen molar-refractivity contribution in [2.75, 3.05) is 5.32 Å². The highest BCUT2D eigenvalue weighted by atomic mass is 16.2. The number of nitrogens with one attached hydrogen (secondary N) is 2. The zero-order valence-corrected chi connectivity index (χ0v) is 17.7. The number of anilines is 1. The number of amides is 2. The van der Waals surface area contributed by atoms with Crippen LogP contribution in [0.5, 0.6) is 0 Å². The summed E-state index contributed by atoms with van der Waals surface area (Å²) in [4.78, 5) is 33.2. The standard InChI is InChI=1S/C25H21N5O2/c1-16(18-7-5-9-20(13-18)27-17(2)31)29-30-25(32)22-14-24(19-8-6-12-26-15-19)28-23-11-4-3-10-21(22)23/h3-15H,1-2H3,(H,27,31)(H,30,32). The van der Waals surface area contributed by atoms with Crippen molar-refractivity contribution < 1.29 is 9.59 Å². The lowest BCUT2D eigenvalue weighted by molar-refractivity contribution is -0.114. The van der Waals surface area contributed by atoms with E-state index in [1.807, 2.05) is 48.5 Å². The minimum absolute atomic E-state index is 0.154. The van der Waals surface area contributed by atoms with E-state index in [-0.39, 0.29) is 11.8 Å². The Labute approximate surface area is 185 Å². The molecule has 7 nitrogen and oxygen atoms in total. The summed E-state index contributed by atoms with van der Waals surface area (Å²) in [7, 11) is 0. The van der Waals surface area contributed by atoms with Gasteiger partial charge < -0.3 is 5.32 Å². The fourth-order valence-corrected chi connectivity index (χ4v) is 3.31. The molecule has 2 heterocycles. The van der Waals surface area contributed by atoms with Gasteiger partial charge in [-0.15, -0.1) is 0 Å². The van der Waals surface area contributed by atoms with E-state index in [1.165, 1.54) is 6.92 Å². The highest BCUT2D eigenvalue weighted by Crippen LogP contribution is 2.24. The highest BCUT2D eigenvalue weighted by molar-refractivity contribution is 6.08. The van der Waals surface area contributed by atoms with Crippen LogP contribution >= 0.6 is 0 Å². The van der Waals surface area contributed by atoms with E-state index in [0.29, 0.717) is 28.2 Å².